The van der Waals surface area contributed by atoms with E-state index in [0.29, 0.717) is 10.6 Å². The lowest BCUT2D eigenvalue weighted by Crippen LogP contribution is -2.46. The van der Waals surface area contributed by atoms with Gasteiger partial charge in [0.15, 0.2) is 6.61 Å². The topological polar surface area (TPSA) is 91.0 Å². The fraction of sp³-hybridized carbons (Fsp3) is 0.381. The highest BCUT2D eigenvalue weighted by atomic mass is 32.1. The zero-order chi connectivity index (χ0) is 21.3. The standard InChI is InChI=1S/C21H26N4O4S/c1-2-24-9-11-25(12-10-24)17-7-5-16(6-8-17)23-19(26)15-29-20(27)14-22-21(28)18-4-3-13-30-18/h3-8,13H,2,9-12,14-15H2,1H3,(H,22,28)(H,23,26). The van der Waals surface area contributed by atoms with Crippen molar-refractivity contribution in [1.29, 1.82) is 0 Å². The summed E-state index contributed by atoms with van der Waals surface area (Å²) in [5.41, 5.74) is 1.76. The minimum absolute atomic E-state index is 0.288. The first-order valence-electron chi connectivity index (χ1n) is 9.89. The van der Waals surface area contributed by atoms with Crippen molar-refractivity contribution in [3.8, 4) is 0 Å². The Hall–Kier alpha value is -2.91. The Morgan fingerprint density at radius 3 is 2.43 bits per heavy atom. The fourth-order valence-corrected chi connectivity index (χ4v) is 3.76. The summed E-state index contributed by atoms with van der Waals surface area (Å²) in [7, 11) is 0. The van der Waals surface area contributed by atoms with Crippen molar-refractivity contribution in [2.45, 2.75) is 6.92 Å². The molecule has 0 unspecified atom stereocenters. The van der Waals surface area contributed by atoms with Gasteiger partial charge in [-0.3, -0.25) is 14.4 Å². The lowest BCUT2D eigenvalue weighted by Gasteiger charge is -2.35. The first-order valence-corrected chi connectivity index (χ1v) is 10.8. The lowest BCUT2D eigenvalue weighted by atomic mass is 10.2. The zero-order valence-corrected chi connectivity index (χ0v) is 17.7. The first kappa shape index (κ1) is 21.8. The van der Waals surface area contributed by atoms with E-state index in [9.17, 15) is 14.4 Å². The van der Waals surface area contributed by atoms with Crippen LogP contribution in [0.4, 0.5) is 11.4 Å². The van der Waals surface area contributed by atoms with Crippen molar-refractivity contribution in [2.24, 2.45) is 0 Å². The highest BCUT2D eigenvalue weighted by molar-refractivity contribution is 7.12. The lowest BCUT2D eigenvalue weighted by molar-refractivity contribution is -0.146. The van der Waals surface area contributed by atoms with Gasteiger partial charge >= 0.3 is 5.97 Å². The average Bonchev–Trinajstić information content (AvgIpc) is 3.32. The Labute approximate surface area is 179 Å². The summed E-state index contributed by atoms with van der Waals surface area (Å²) >= 11 is 1.28. The summed E-state index contributed by atoms with van der Waals surface area (Å²) in [4.78, 5) is 40.7. The van der Waals surface area contributed by atoms with Gasteiger partial charge in [0.25, 0.3) is 11.8 Å². The van der Waals surface area contributed by atoms with Crippen molar-refractivity contribution in [3.05, 3.63) is 46.7 Å². The largest absolute Gasteiger partial charge is 0.454 e. The van der Waals surface area contributed by atoms with Crippen LogP contribution in [-0.2, 0) is 14.3 Å². The van der Waals surface area contributed by atoms with Gasteiger partial charge in [0, 0.05) is 37.6 Å². The van der Waals surface area contributed by atoms with Crippen LogP contribution < -0.4 is 15.5 Å². The van der Waals surface area contributed by atoms with Crippen LogP contribution in [-0.4, -0.2) is 68.6 Å². The second kappa shape index (κ2) is 10.7. The first-order chi connectivity index (χ1) is 14.5. The summed E-state index contributed by atoms with van der Waals surface area (Å²) in [5.74, 6) is -1.45. The molecule has 30 heavy (non-hydrogen) atoms. The summed E-state index contributed by atoms with van der Waals surface area (Å²) in [6.45, 7) is 6.62. The molecule has 160 valence electrons. The van der Waals surface area contributed by atoms with E-state index in [1.54, 1.807) is 17.5 Å². The molecule has 1 aromatic heterocycles. The molecule has 1 aliphatic heterocycles. The molecule has 0 aliphatic carbocycles. The molecule has 0 saturated carbocycles. The Morgan fingerprint density at radius 1 is 1.07 bits per heavy atom. The van der Waals surface area contributed by atoms with Crippen molar-refractivity contribution < 1.29 is 19.1 Å². The Balaban J connectivity index is 1.37. The second-order valence-corrected chi connectivity index (χ2v) is 7.78. The van der Waals surface area contributed by atoms with Crippen LogP contribution in [0.25, 0.3) is 0 Å². The van der Waals surface area contributed by atoms with Crippen LogP contribution in [0.1, 0.15) is 16.6 Å². The van der Waals surface area contributed by atoms with Gasteiger partial charge in [-0.05, 0) is 42.3 Å². The van der Waals surface area contributed by atoms with Gasteiger partial charge in [0.05, 0.1) is 4.88 Å². The van der Waals surface area contributed by atoms with Crippen LogP contribution in [0, 0.1) is 0 Å². The number of anilines is 2. The smallest absolute Gasteiger partial charge is 0.325 e. The maximum absolute atomic E-state index is 12.0. The van der Waals surface area contributed by atoms with Crippen LogP contribution in [0.5, 0.6) is 0 Å². The predicted octanol–water partition coefficient (Wildman–Crippen LogP) is 1.80. The third kappa shape index (κ3) is 6.30. The van der Waals surface area contributed by atoms with Crippen molar-refractivity contribution in [2.75, 3.05) is 56.1 Å². The number of amides is 2. The number of likely N-dealkylation sites (N-methyl/N-ethyl adjacent to an activating group) is 1. The van der Waals surface area contributed by atoms with E-state index >= 15 is 0 Å². The highest BCUT2D eigenvalue weighted by Gasteiger charge is 2.16. The van der Waals surface area contributed by atoms with Gasteiger partial charge in [0.1, 0.15) is 6.54 Å². The van der Waals surface area contributed by atoms with Crippen LogP contribution >= 0.6 is 11.3 Å². The molecule has 1 fully saturated rings. The molecule has 3 rings (SSSR count). The van der Waals surface area contributed by atoms with E-state index in [4.69, 9.17) is 4.74 Å². The minimum Gasteiger partial charge on any atom is -0.454 e. The van der Waals surface area contributed by atoms with E-state index in [1.807, 2.05) is 24.3 Å². The van der Waals surface area contributed by atoms with Gasteiger partial charge in [-0.2, -0.15) is 0 Å². The van der Waals surface area contributed by atoms with Crippen LogP contribution in [0.15, 0.2) is 41.8 Å². The van der Waals surface area contributed by atoms with E-state index in [0.717, 1.165) is 38.4 Å². The number of ether oxygens (including phenoxy) is 1. The Morgan fingerprint density at radius 2 is 1.80 bits per heavy atom. The SMILES string of the molecule is CCN1CCN(c2ccc(NC(=O)COC(=O)CNC(=O)c3cccs3)cc2)CC1. The monoisotopic (exact) mass is 430 g/mol. The van der Waals surface area contributed by atoms with Crippen molar-refractivity contribution >= 4 is 40.5 Å². The van der Waals surface area contributed by atoms with Crippen LogP contribution in [0.2, 0.25) is 0 Å². The van der Waals surface area contributed by atoms with Gasteiger partial charge in [0.2, 0.25) is 0 Å². The number of benzene rings is 1. The zero-order valence-electron chi connectivity index (χ0n) is 16.9. The number of carbonyl (C=O) groups excluding carboxylic acids is 3. The quantitative estimate of drug-likeness (QED) is 0.621. The summed E-state index contributed by atoms with van der Waals surface area (Å²) in [6, 6.07) is 11.0. The maximum Gasteiger partial charge on any atom is 0.325 e. The number of hydrogen-bond donors (Lipinski definition) is 2. The number of carbonyl (C=O) groups is 3. The Bertz CT molecular complexity index is 846. The molecule has 9 heteroatoms. The molecular weight excluding hydrogens is 404 g/mol. The number of nitrogens with one attached hydrogen (secondary N) is 2. The molecule has 8 nitrogen and oxygen atoms in total. The molecular formula is C21H26N4O4S. The van der Waals surface area contributed by atoms with E-state index in [1.165, 1.54) is 11.3 Å². The molecule has 2 heterocycles. The van der Waals surface area contributed by atoms with Gasteiger partial charge in [-0.15, -0.1) is 11.3 Å². The van der Waals surface area contributed by atoms with Crippen molar-refractivity contribution in [3.63, 3.8) is 0 Å². The normalized spacial score (nSPS) is 14.2. The number of esters is 1. The minimum atomic E-state index is -0.670. The van der Waals surface area contributed by atoms with E-state index in [2.05, 4.69) is 27.4 Å². The second-order valence-electron chi connectivity index (χ2n) is 6.84. The summed E-state index contributed by atoms with van der Waals surface area (Å²) in [6.07, 6.45) is 0. The molecule has 0 bridgehead atoms. The molecule has 1 aliphatic rings. The molecule has 0 radical (unpaired) electrons. The molecule has 1 saturated heterocycles. The fourth-order valence-electron chi connectivity index (χ4n) is 3.12. The number of thiophene rings is 1. The van der Waals surface area contributed by atoms with E-state index in [-0.39, 0.29) is 12.5 Å². The van der Waals surface area contributed by atoms with Gasteiger partial charge in [-0.25, -0.2) is 0 Å². The average molecular weight is 431 g/mol. The molecule has 2 aromatic rings. The molecule has 2 N–H and O–H groups in total. The Kier molecular flexibility index (Phi) is 7.81. The van der Waals surface area contributed by atoms with Gasteiger partial charge < -0.3 is 25.2 Å². The predicted molar refractivity (Wildman–Crippen MR) is 117 cm³/mol. The number of rotatable bonds is 8. The van der Waals surface area contributed by atoms with Gasteiger partial charge in [-0.1, -0.05) is 13.0 Å². The number of hydrogen-bond acceptors (Lipinski definition) is 7. The summed E-state index contributed by atoms with van der Waals surface area (Å²) < 4.78 is 4.91. The highest BCUT2D eigenvalue weighted by Crippen LogP contribution is 2.19. The van der Waals surface area contributed by atoms with Crippen LogP contribution in [0.3, 0.4) is 0 Å². The molecule has 0 atom stereocenters. The molecule has 1 aromatic carbocycles. The number of nitrogens with zero attached hydrogens (tertiary/aromatic N) is 2. The van der Waals surface area contributed by atoms with E-state index < -0.39 is 18.5 Å². The summed E-state index contributed by atoms with van der Waals surface area (Å²) in [5, 5.41) is 6.94. The van der Waals surface area contributed by atoms with Crippen molar-refractivity contribution in [1.82, 2.24) is 10.2 Å². The molecule has 2 amide bonds. The third-order valence-electron chi connectivity index (χ3n) is 4.84. The number of piperazine rings is 1. The molecule has 0 spiro atoms. The third-order valence-corrected chi connectivity index (χ3v) is 5.71. The maximum atomic E-state index is 12.0.